The Bertz CT molecular complexity index is 946. The van der Waals surface area contributed by atoms with Gasteiger partial charge in [-0.25, -0.2) is 0 Å². The summed E-state index contributed by atoms with van der Waals surface area (Å²) in [7, 11) is 1.53. The Morgan fingerprint density at radius 1 is 1.12 bits per heavy atom. The van der Waals surface area contributed by atoms with Crippen LogP contribution in [-0.4, -0.2) is 43.5 Å². The van der Waals surface area contributed by atoms with E-state index >= 15 is 0 Å². The van der Waals surface area contributed by atoms with Crippen LogP contribution < -0.4 is 14.8 Å². The predicted molar refractivity (Wildman–Crippen MR) is 128 cm³/mol. The van der Waals surface area contributed by atoms with Crippen molar-refractivity contribution in [1.29, 1.82) is 0 Å². The van der Waals surface area contributed by atoms with E-state index < -0.39 is 0 Å². The SMILES string of the molecule is CCCOc1c(Cl)cc(/C=C/C(=O)N(CC)CC(=O)NCc2ccc(Cl)cc2)cc1OC. The molecule has 0 unspecified atom stereocenters. The Labute approximate surface area is 199 Å². The number of methoxy groups -OCH3 is 1. The molecule has 0 aliphatic rings. The van der Waals surface area contributed by atoms with E-state index in [-0.39, 0.29) is 18.4 Å². The molecule has 0 saturated carbocycles. The van der Waals surface area contributed by atoms with Gasteiger partial charge in [-0.1, -0.05) is 42.3 Å². The third kappa shape index (κ3) is 7.77. The molecule has 0 spiro atoms. The molecule has 0 radical (unpaired) electrons. The van der Waals surface area contributed by atoms with Crippen molar-refractivity contribution in [2.45, 2.75) is 26.8 Å². The fourth-order valence-electron chi connectivity index (χ4n) is 2.83. The van der Waals surface area contributed by atoms with Gasteiger partial charge >= 0.3 is 0 Å². The second-order valence-electron chi connectivity index (χ2n) is 6.97. The third-order valence-corrected chi connectivity index (χ3v) is 5.08. The number of carbonyl (C=O) groups is 2. The van der Waals surface area contributed by atoms with E-state index in [0.29, 0.717) is 46.8 Å². The molecule has 0 aliphatic heterocycles. The second-order valence-corrected chi connectivity index (χ2v) is 7.82. The van der Waals surface area contributed by atoms with Gasteiger partial charge in [-0.15, -0.1) is 0 Å². The summed E-state index contributed by atoms with van der Waals surface area (Å²) in [5, 5.41) is 3.85. The van der Waals surface area contributed by atoms with Crippen molar-refractivity contribution in [2.75, 3.05) is 26.8 Å². The van der Waals surface area contributed by atoms with Gasteiger partial charge in [0.2, 0.25) is 11.8 Å². The third-order valence-electron chi connectivity index (χ3n) is 4.55. The van der Waals surface area contributed by atoms with Crippen LogP contribution in [0.1, 0.15) is 31.4 Å². The van der Waals surface area contributed by atoms with Crippen molar-refractivity contribution < 1.29 is 19.1 Å². The molecule has 0 aliphatic carbocycles. The first-order valence-electron chi connectivity index (χ1n) is 10.4. The molecule has 0 heterocycles. The molecule has 8 heteroatoms. The molecule has 0 fully saturated rings. The number of amides is 2. The van der Waals surface area contributed by atoms with Crippen LogP contribution in [0, 0.1) is 0 Å². The van der Waals surface area contributed by atoms with Gasteiger partial charge in [0, 0.05) is 24.2 Å². The van der Waals surface area contributed by atoms with Crippen LogP contribution in [0.3, 0.4) is 0 Å². The topological polar surface area (TPSA) is 67.9 Å². The second kappa shape index (κ2) is 13.0. The van der Waals surface area contributed by atoms with Gasteiger partial charge in [0.05, 0.1) is 25.3 Å². The van der Waals surface area contributed by atoms with Crippen molar-refractivity contribution in [3.8, 4) is 11.5 Å². The molecule has 0 aromatic heterocycles. The van der Waals surface area contributed by atoms with Gasteiger partial charge in [0.25, 0.3) is 0 Å². The van der Waals surface area contributed by atoms with Crippen molar-refractivity contribution in [3.05, 3.63) is 63.6 Å². The Morgan fingerprint density at radius 3 is 2.47 bits per heavy atom. The lowest BCUT2D eigenvalue weighted by Gasteiger charge is -2.18. The number of nitrogens with one attached hydrogen (secondary N) is 1. The molecular weight excluding hydrogens is 451 g/mol. The number of hydrogen-bond acceptors (Lipinski definition) is 4. The molecule has 32 heavy (non-hydrogen) atoms. The number of carbonyl (C=O) groups excluding carboxylic acids is 2. The Hall–Kier alpha value is -2.70. The van der Waals surface area contributed by atoms with E-state index in [4.69, 9.17) is 32.7 Å². The normalized spacial score (nSPS) is 10.8. The van der Waals surface area contributed by atoms with E-state index in [1.54, 1.807) is 30.3 Å². The summed E-state index contributed by atoms with van der Waals surface area (Å²) in [6, 6.07) is 10.7. The lowest BCUT2D eigenvalue weighted by molar-refractivity contribution is -0.132. The highest BCUT2D eigenvalue weighted by Gasteiger charge is 2.14. The summed E-state index contributed by atoms with van der Waals surface area (Å²) in [4.78, 5) is 26.3. The average Bonchev–Trinajstić information content (AvgIpc) is 2.79. The number of nitrogens with zero attached hydrogens (tertiary/aromatic N) is 1. The van der Waals surface area contributed by atoms with Crippen LogP contribution in [0.15, 0.2) is 42.5 Å². The van der Waals surface area contributed by atoms with Crippen LogP contribution in [-0.2, 0) is 16.1 Å². The predicted octanol–water partition coefficient (Wildman–Crippen LogP) is 4.97. The zero-order chi connectivity index (χ0) is 23.5. The molecular formula is C24H28Cl2N2O4. The van der Waals surface area contributed by atoms with Crippen LogP contribution >= 0.6 is 23.2 Å². The van der Waals surface area contributed by atoms with E-state index in [2.05, 4.69) is 5.32 Å². The number of likely N-dealkylation sites (N-methyl/N-ethyl adjacent to an activating group) is 1. The molecule has 172 valence electrons. The molecule has 2 amide bonds. The summed E-state index contributed by atoms with van der Waals surface area (Å²) >= 11 is 12.2. The average molecular weight is 479 g/mol. The number of halogens is 2. The maximum atomic E-state index is 12.6. The summed E-state index contributed by atoms with van der Waals surface area (Å²) in [6.07, 6.45) is 3.89. The molecule has 6 nitrogen and oxygen atoms in total. The number of benzene rings is 2. The van der Waals surface area contributed by atoms with Gasteiger partial charge in [-0.3, -0.25) is 9.59 Å². The van der Waals surface area contributed by atoms with E-state index in [1.807, 2.05) is 26.0 Å². The highest BCUT2D eigenvalue weighted by atomic mass is 35.5. The Balaban J connectivity index is 1.98. The Morgan fingerprint density at radius 2 is 1.84 bits per heavy atom. The monoisotopic (exact) mass is 478 g/mol. The summed E-state index contributed by atoms with van der Waals surface area (Å²) < 4.78 is 11.0. The minimum absolute atomic E-state index is 0.0405. The van der Waals surface area contributed by atoms with E-state index in [1.165, 1.54) is 18.1 Å². The fraction of sp³-hybridized carbons (Fsp3) is 0.333. The number of rotatable bonds is 11. The van der Waals surface area contributed by atoms with Crippen molar-refractivity contribution in [3.63, 3.8) is 0 Å². The zero-order valence-electron chi connectivity index (χ0n) is 18.5. The largest absolute Gasteiger partial charge is 0.493 e. The van der Waals surface area contributed by atoms with Gasteiger partial charge in [0.1, 0.15) is 0 Å². The molecule has 1 N–H and O–H groups in total. The van der Waals surface area contributed by atoms with Gasteiger partial charge in [-0.05, 0) is 54.8 Å². The van der Waals surface area contributed by atoms with Crippen molar-refractivity contribution >= 4 is 41.1 Å². The summed E-state index contributed by atoms with van der Waals surface area (Å²) in [5.74, 6) is 0.445. The highest BCUT2D eigenvalue weighted by Crippen LogP contribution is 2.36. The minimum Gasteiger partial charge on any atom is -0.493 e. The van der Waals surface area contributed by atoms with E-state index in [9.17, 15) is 9.59 Å². The van der Waals surface area contributed by atoms with Crippen LogP contribution in [0.25, 0.3) is 6.08 Å². The molecule has 0 atom stereocenters. The minimum atomic E-state index is -0.282. The first kappa shape index (κ1) is 25.6. The van der Waals surface area contributed by atoms with E-state index in [0.717, 1.165) is 12.0 Å². The first-order chi connectivity index (χ1) is 15.4. The molecule has 2 aromatic rings. The van der Waals surface area contributed by atoms with Gasteiger partial charge < -0.3 is 19.7 Å². The van der Waals surface area contributed by atoms with Gasteiger partial charge in [-0.2, -0.15) is 0 Å². The summed E-state index contributed by atoms with van der Waals surface area (Å²) in [5.41, 5.74) is 1.61. The van der Waals surface area contributed by atoms with Crippen LogP contribution in [0.5, 0.6) is 11.5 Å². The summed E-state index contributed by atoms with van der Waals surface area (Å²) in [6.45, 7) is 5.06. The Kier molecular flexibility index (Phi) is 10.4. The first-order valence-corrected chi connectivity index (χ1v) is 11.1. The highest BCUT2D eigenvalue weighted by molar-refractivity contribution is 6.32. The lowest BCUT2D eigenvalue weighted by Crippen LogP contribution is -2.39. The van der Waals surface area contributed by atoms with Crippen LogP contribution in [0.2, 0.25) is 10.0 Å². The zero-order valence-corrected chi connectivity index (χ0v) is 20.0. The molecule has 0 bridgehead atoms. The van der Waals surface area contributed by atoms with Gasteiger partial charge in [0.15, 0.2) is 11.5 Å². The van der Waals surface area contributed by atoms with Crippen molar-refractivity contribution in [1.82, 2.24) is 10.2 Å². The maximum absolute atomic E-state index is 12.6. The molecule has 2 rings (SSSR count). The molecule has 2 aromatic carbocycles. The fourth-order valence-corrected chi connectivity index (χ4v) is 3.23. The smallest absolute Gasteiger partial charge is 0.247 e. The number of hydrogen-bond donors (Lipinski definition) is 1. The lowest BCUT2D eigenvalue weighted by atomic mass is 10.1. The van der Waals surface area contributed by atoms with Crippen molar-refractivity contribution in [2.24, 2.45) is 0 Å². The molecule has 0 saturated heterocycles. The quantitative estimate of drug-likeness (QED) is 0.463. The van der Waals surface area contributed by atoms with Crippen LogP contribution in [0.4, 0.5) is 0 Å². The number of ether oxygens (including phenoxy) is 2. The standard InChI is InChI=1S/C24H28Cl2N2O4/c1-4-12-32-24-20(26)13-18(14-21(24)31-3)8-11-23(30)28(5-2)16-22(29)27-15-17-6-9-19(25)10-7-17/h6-11,13-14H,4-5,12,15-16H2,1-3H3,(H,27,29)/b11-8+. The maximum Gasteiger partial charge on any atom is 0.247 e.